The Balaban J connectivity index is 2.02. The number of hydrogen-bond donors (Lipinski definition) is 3. The van der Waals surface area contributed by atoms with E-state index in [4.69, 9.17) is 5.11 Å². The molecule has 0 spiro atoms. The van der Waals surface area contributed by atoms with E-state index in [2.05, 4.69) is 9.82 Å². The molecule has 8 nitrogen and oxygen atoms in total. The van der Waals surface area contributed by atoms with E-state index in [1.54, 1.807) is 0 Å². The summed E-state index contributed by atoms with van der Waals surface area (Å²) in [6, 6.07) is 0. The maximum absolute atomic E-state index is 11.9. The number of aliphatic carboxylic acids is 1. The van der Waals surface area contributed by atoms with Crippen molar-refractivity contribution >= 4 is 16.0 Å². The van der Waals surface area contributed by atoms with Crippen LogP contribution in [0.1, 0.15) is 19.3 Å². The summed E-state index contributed by atoms with van der Waals surface area (Å²) in [5.41, 5.74) is -0.954. The monoisotopic (exact) mass is 289 g/mol. The number of carboxylic acid groups (broad SMARTS) is 1. The van der Waals surface area contributed by atoms with Crippen LogP contribution in [0.2, 0.25) is 0 Å². The third kappa shape index (κ3) is 3.31. The van der Waals surface area contributed by atoms with Crippen molar-refractivity contribution < 1.29 is 23.4 Å². The lowest BCUT2D eigenvalue weighted by Gasteiger charge is -2.36. The molecule has 1 saturated carbocycles. The molecule has 0 aromatic carbocycles. The maximum Gasteiger partial charge on any atom is 0.325 e. The zero-order valence-corrected chi connectivity index (χ0v) is 10.9. The number of sulfonamides is 1. The lowest BCUT2D eigenvalue weighted by atomic mass is 9.81. The van der Waals surface area contributed by atoms with E-state index in [0.29, 0.717) is 12.8 Å². The molecule has 1 aliphatic carbocycles. The summed E-state index contributed by atoms with van der Waals surface area (Å²) < 4.78 is 27.1. The minimum absolute atomic E-state index is 0.0422. The maximum atomic E-state index is 11.9. The highest BCUT2D eigenvalue weighted by atomic mass is 32.2. The average Bonchev–Trinajstić information content (AvgIpc) is 2.72. The zero-order chi connectivity index (χ0) is 14.1. The highest BCUT2D eigenvalue weighted by molar-refractivity contribution is 7.89. The Morgan fingerprint density at radius 3 is 2.74 bits per heavy atom. The van der Waals surface area contributed by atoms with Gasteiger partial charge >= 0.3 is 5.97 Å². The van der Waals surface area contributed by atoms with Crippen LogP contribution in [0.15, 0.2) is 17.3 Å². The Kier molecular flexibility index (Phi) is 3.61. The smallest absolute Gasteiger partial charge is 0.325 e. The van der Waals surface area contributed by atoms with Crippen molar-refractivity contribution in [2.45, 2.75) is 36.3 Å². The van der Waals surface area contributed by atoms with Gasteiger partial charge in [-0.05, 0) is 19.3 Å². The SMILES string of the molecule is O=C(O)Cn1cc(S(=O)(=O)NCC2(O)CCC2)cn1. The molecule has 0 radical (unpaired) electrons. The zero-order valence-electron chi connectivity index (χ0n) is 10.1. The molecule has 0 saturated heterocycles. The van der Waals surface area contributed by atoms with Crippen LogP contribution in [0.4, 0.5) is 0 Å². The number of nitrogens with one attached hydrogen (secondary N) is 1. The van der Waals surface area contributed by atoms with Crippen molar-refractivity contribution in [1.82, 2.24) is 14.5 Å². The van der Waals surface area contributed by atoms with Crippen LogP contribution in [-0.2, 0) is 21.4 Å². The number of nitrogens with zero attached hydrogens (tertiary/aromatic N) is 2. The van der Waals surface area contributed by atoms with E-state index in [-0.39, 0.29) is 11.4 Å². The van der Waals surface area contributed by atoms with E-state index in [9.17, 15) is 18.3 Å². The molecule has 1 fully saturated rings. The first kappa shape index (κ1) is 14.0. The normalized spacial score (nSPS) is 17.9. The Bertz CT molecular complexity index is 576. The van der Waals surface area contributed by atoms with Crippen LogP contribution in [0.5, 0.6) is 0 Å². The Hall–Kier alpha value is -1.45. The van der Waals surface area contributed by atoms with Crippen molar-refractivity contribution in [3.8, 4) is 0 Å². The molecule has 0 aliphatic heterocycles. The molecule has 1 aliphatic rings. The fraction of sp³-hybridized carbons (Fsp3) is 0.600. The number of carbonyl (C=O) groups is 1. The van der Waals surface area contributed by atoms with Crippen molar-refractivity contribution in [1.29, 1.82) is 0 Å². The summed E-state index contributed by atoms with van der Waals surface area (Å²) in [4.78, 5) is 10.4. The minimum atomic E-state index is -3.77. The molecule has 2 rings (SSSR count). The van der Waals surface area contributed by atoms with E-state index in [0.717, 1.165) is 23.5 Å². The Morgan fingerprint density at radius 1 is 1.53 bits per heavy atom. The quantitative estimate of drug-likeness (QED) is 0.628. The van der Waals surface area contributed by atoms with Gasteiger partial charge in [0, 0.05) is 12.7 Å². The second-order valence-electron chi connectivity index (χ2n) is 4.67. The molecule has 3 N–H and O–H groups in total. The summed E-state index contributed by atoms with van der Waals surface area (Å²) >= 11 is 0. The Morgan fingerprint density at radius 2 is 2.21 bits per heavy atom. The van der Waals surface area contributed by atoms with Crippen molar-refractivity contribution in [3.05, 3.63) is 12.4 Å². The molecule has 9 heteroatoms. The molecular formula is C10H15N3O5S. The summed E-state index contributed by atoms with van der Waals surface area (Å²) in [6.45, 7) is -0.446. The van der Waals surface area contributed by atoms with Gasteiger partial charge in [0.1, 0.15) is 11.4 Å². The first-order valence-corrected chi connectivity index (χ1v) is 7.25. The number of hydrogen-bond acceptors (Lipinski definition) is 5. The van der Waals surface area contributed by atoms with Gasteiger partial charge in [-0.25, -0.2) is 13.1 Å². The molecule has 0 atom stereocenters. The standard InChI is InChI=1S/C10H15N3O5S/c14-9(15)6-13-5-8(4-11-13)19(17,18)12-7-10(16)2-1-3-10/h4-5,12,16H,1-3,6-7H2,(H,14,15). The highest BCUT2D eigenvalue weighted by Crippen LogP contribution is 2.30. The largest absolute Gasteiger partial charge is 0.480 e. The second kappa shape index (κ2) is 4.91. The molecule has 0 unspecified atom stereocenters. The van der Waals surface area contributed by atoms with Gasteiger partial charge in [0.2, 0.25) is 10.0 Å². The molecular weight excluding hydrogens is 274 g/mol. The van der Waals surface area contributed by atoms with E-state index >= 15 is 0 Å². The lowest BCUT2D eigenvalue weighted by molar-refractivity contribution is -0.137. The average molecular weight is 289 g/mol. The molecule has 0 bridgehead atoms. The van der Waals surface area contributed by atoms with Crippen LogP contribution in [0.25, 0.3) is 0 Å². The summed E-state index contributed by atoms with van der Waals surface area (Å²) in [7, 11) is -3.77. The van der Waals surface area contributed by atoms with Gasteiger partial charge in [-0.1, -0.05) is 0 Å². The Labute approximate surface area is 110 Å². The predicted octanol–water partition coefficient (Wildman–Crippen LogP) is -0.839. The third-order valence-electron chi connectivity index (χ3n) is 3.09. The van der Waals surface area contributed by atoms with Crippen LogP contribution in [0.3, 0.4) is 0 Å². The topological polar surface area (TPSA) is 122 Å². The molecule has 1 aromatic heterocycles. The van der Waals surface area contributed by atoms with Crippen LogP contribution in [0, 0.1) is 0 Å². The van der Waals surface area contributed by atoms with Gasteiger partial charge in [0.05, 0.1) is 11.8 Å². The van der Waals surface area contributed by atoms with Crippen LogP contribution < -0.4 is 4.72 Å². The summed E-state index contributed by atoms with van der Waals surface area (Å²) in [5, 5.41) is 22.0. The van der Waals surface area contributed by atoms with Crippen LogP contribution in [-0.4, -0.2) is 46.5 Å². The first-order valence-electron chi connectivity index (χ1n) is 5.77. The van der Waals surface area contributed by atoms with Gasteiger partial charge < -0.3 is 10.2 Å². The third-order valence-corrected chi connectivity index (χ3v) is 4.45. The minimum Gasteiger partial charge on any atom is -0.480 e. The number of carboxylic acids is 1. The molecule has 19 heavy (non-hydrogen) atoms. The summed E-state index contributed by atoms with van der Waals surface area (Å²) in [5.74, 6) is -1.11. The van der Waals surface area contributed by atoms with Crippen LogP contribution >= 0.6 is 0 Å². The fourth-order valence-electron chi connectivity index (χ4n) is 1.78. The van der Waals surface area contributed by atoms with Gasteiger partial charge in [-0.15, -0.1) is 0 Å². The van der Waals surface area contributed by atoms with E-state index in [1.807, 2.05) is 0 Å². The van der Waals surface area contributed by atoms with Crippen molar-refractivity contribution in [2.75, 3.05) is 6.54 Å². The van der Waals surface area contributed by atoms with Gasteiger partial charge in [0.15, 0.2) is 0 Å². The number of aliphatic hydroxyl groups is 1. The molecule has 1 heterocycles. The number of rotatable bonds is 6. The van der Waals surface area contributed by atoms with E-state index in [1.165, 1.54) is 0 Å². The van der Waals surface area contributed by atoms with E-state index < -0.39 is 28.1 Å². The molecule has 106 valence electrons. The highest BCUT2D eigenvalue weighted by Gasteiger charge is 2.35. The molecule has 1 aromatic rings. The second-order valence-corrected chi connectivity index (χ2v) is 6.44. The fourth-order valence-corrected chi connectivity index (χ4v) is 2.85. The predicted molar refractivity (Wildman–Crippen MR) is 63.9 cm³/mol. The van der Waals surface area contributed by atoms with Crippen molar-refractivity contribution in [3.63, 3.8) is 0 Å². The molecule has 0 amide bonds. The van der Waals surface area contributed by atoms with Gasteiger partial charge in [-0.2, -0.15) is 5.10 Å². The summed E-state index contributed by atoms with van der Waals surface area (Å²) in [6.07, 6.45) is 4.26. The van der Waals surface area contributed by atoms with Gasteiger partial charge in [-0.3, -0.25) is 9.48 Å². The van der Waals surface area contributed by atoms with Gasteiger partial charge in [0.25, 0.3) is 0 Å². The van der Waals surface area contributed by atoms with Crippen molar-refractivity contribution in [2.24, 2.45) is 0 Å². The first-order chi connectivity index (χ1) is 8.81. The number of aromatic nitrogens is 2. The lowest BCUT2D eigenvalue weighted by Crippen LogP contribution is -2.47.